The first-order chi connectivity index (χ1) is 10.6. The van der Waals surface area contributed by atoms with Gasteiger partial charge in [-0.15, -0.1) is 24.0 Å². The third kappa shape index (κ3) is 5.27. The number of benzene rings is 2. The molecule has 7 heteroatoms. The van der Waals surface area contributed by atoms with Crippen molar-refractivity contribution < 1.29 is 13.9 Å². The van der Waals surface area contributed by atoms with Gasteiger partial charge in [0.15, 0.2) is 17.5 Å². The van der Waals surface area contributed by atoms with Gasteiger partial charge in [-0.25, -0.2) is 9.38 Å². The molecule has 0 saturated carbocycles. The Morgan fingerprint density at radius 3 is 2.48 bits per heavy atom. The fourth-order valence-corrected chi connectivity index (χ4v) is 1.90. The highest BCUT2D eigenvalue weighted by molar-refractivity contribution is 14.0. The van der Waals surface area contributed by atoms with Crippen molar-refractivity contribution in [1.82, 2.24) is 0 Å². The normalized spacial score (nSPS) is 10.7. The third-order valence-corrected chi connectivity index (χ3v) is 3.03. The Kier molecular flexibility index (Phi) is 7.60. The Bertz CT molecular complexity index is 680. The molecule has 0 amide bonds. The Morgan fingerprint density at radius 1 is 1.13 bits per heavy atom. The molecule has 2 aromatic carbocycles. The Labute approximate surface area is 151 Å². The zero-order valence-electron chi connectivity index (χ0n) is 12.9. The van der Waals surface area contributed by atoms with Crippen molar-refractivity contribution in [3.63, 3.8) is 0 Å². The minimum atomic E-state index is -0.301. The summed E-state index contributed by atoms with van der Waals surface area (Å²) in [7, 11) is 3.12. The Hall–Kier alpha value is -2.03. The van der Waals surface area contributed by atoms with E-state index in [1.54, 1.807) is 50.6 Å². The molecule has 3 N–H and O–H groups in total. The fraction of sp³-hybridized carbons (Fsp3) is 0.188. The summed E-state index contributed by atoms with van der Waals surface area (Å²) in [6.45, 7) is 0.165. The van der Waals surface area contributed by atoms with Crippen molar-refractivity contribution in [3.05, 3.63) is 53.8 Å². The van der Waals surface area contributed by atoms with Crippen molar-refractivity contribution in [2.24, 2.45) is 10.7 Å². The van der Waals surface area contributed by atoms with Crippen LogP contribution in [0, 0.1) is 5.82 Å². The van der Waals surface area contributed by atoms with Gasteiger partial charge < -0.3 is 20.5 Å². The van der Waals surface area contributed by atoms with Crippen LogP contribution in [0.1, 0.15) is 5.56 Å². The predicted molar refractivity (Wildman–Crippen MR) is 100 cm³/mol. The van der Waals surface area contributed by atoms with E-state index in [0.29, 0.717) is 22.7 Å². The molecule has 0 aromatic heterocycles. The Morgan fingerprint density at radius 2 is 1.83 bits per heavy atom. The zero-order chi connectivity index (χ0) is 15.9. The van der Waals surface area contributed by atoms with Crippen LogP contribution in [0.15, 0.2) is 47.5 Å². The number of methoxy groups -OCH3 is 2. The summed E-state index contributed by atoms with van der Waals surface area (Å²) in [6.07, 6.45) is 0. The minimum Gasteiger partial charge on any atom is -0.493 e. The van der Waals surface area contributed by atoms with E-state index in [-0.39, 0.29) is 42.3 Å². The minimum absolute atomic E-state index is 0. The van der Waals surface area contributed by atoms with E-state index in [9.17, 15) is 4.39 Å². The monoisotopic (exact) mass is 431 g/mol. The summed E-state index contributed by atoms with van der Waals surface area (Å²) in [5.41, 5.74) is 7.00. The largest absolute Gasteiger partial charge is 0.493 e. The van der Waals surface area contributed by atoms with Crippen LogP contribution in [-0.4, -0.2) is 20.2 Å². The van der Waals surface area contributed by atoms with E-state index < -0.39 is 0 Å². The van der Waals surface area contributed by atoms with Crippen molar-refractivity contribution in [1.29, 1.82) is 0 Å². The summed E-state index contributed by atoms with van der Waals surface area (Å²) in [5.74, 6) is 1.09. The Balaban J connectivity index is 0.00000264. The van der Waals surface area contributed by atoms with Crippen LogP contribution in [0.2, 0.25) is 0 Å². The lowest BCUT2D eigenvalue weighted by atomic mass is 10.2. The summed E-state index contributed by atoms with van der Waals surface area (Å²) >= 11 is 0. The van der Waals surface area contributed by atoms with Gasteiger partial charge in [-0.05, 0) is 18.2 Å². The van der Waals surface area contributed by atoms with Crippen LogP contribution in [-0.2, 0) is 6.54 Å². The maximum atomic E-state index is 13.5. The van der Waals surface area contributed by atoms with Gasteiger partial charge in [0, 0.05) is 17.3 Å². The van der Waals surface area contributed by atoms with Crippen molar-refractivity contribution in [3.8, 4) is 11.5 Å². The first-order valence-corrected chi connectivity index (χ1v) is 6.66. The van der Waals surface area contributed by atoms with E-state index in [2.05, 4.69) is 10.3 Å². The second-order valence-electron chi connectivity index (χ2n) is 4.49. The van der Waals surface area contributed by atoms with Crippen LogP contribution in [0.3, 0.4) is 0 Å². The van der Waals surface area contributed by atoms with Gasteiger partial charge in [0.05, 0.1) is 20.8 Å². The summed E-state index contributed by atoms with van der Waals surface area (Å²) < 4.78 is 23.9. The highest BCUT2D eigenvalue weighted by Crippen LogP contribution is 2.29. The van der Waals surface area contributed by atoms with Crippen LogP contribution in [0.4, 0.5) is 10.1 Å². The smallest absolute Gasteiger partial charge is 0.193 e. The van der Waals surface area contributed by atoms with Gasteiger partial charge in [-0.2, -0.15) is 0 Å². The predicted octanol–water partition coefficient (Wildman–Crippen LogP) is 3.39. The standard InChI is InChI=1S/C16H18FN3O2.HI/c1-21-14-8-7-12(9-15(14)22-2)20-16(18)19-10-11-5-3-4-6-13(11)17;/h3-9H,10H2,1-2H3,(H3,18,19,20);1H. The van der Waals surface area contributed by atoms with Gasteiger partial charge >= 0.3 is 0 Å². The highest BCUT2D eigenvalue weighted by Gasteiger charge is 2.05. The van der Waals surface area contributed by atoms with Crippen LogP contribution < -0.4 is 20.5 Å². The van der Waals surface area contributed by atoms with Crippen molar-refractivity contribution in [2.45, 2.75) is 6.54 Å². The fourth-order valence-electron chi connectivity index (χ4n) is 1.90. The van der Waals surface area contributed by atoms with Gasteiger partial charge in [0.1, 0.15) is 5.82 Å². The van der Waals surface area contributed by atoms with Gasteiger partial charge in [-0.3, -0.25) is 0 Å². The van der Waals surface area contributed by atoms with Crippen LogP contribution in [0.5, 0.6) is 11.5 Å². The maximum absolute atomic E-state index is 13.5. The molecular formula is C16H19FIN3O2. The molecule has 0 unspecified atom stereocenters. The third-order valence-electron chi connectivity index (χ3n) is 3.03. The topological polar surface area (TPSA) is 68.9 Å². The molecule has 2 rings (SSSR count). The summed E-state index contributed by atoms with van der Waals surface area (Å²) in [5, 5.41) is 2.93. The van der Waals surface area contributed by atoms with Gasteiger partial charge in [0.25, 0.3) is 0 Å². The highest BCUT2D eigenvalue weighted by atomic mass is 127. The number of rotatable bonds is 5. The molecule has 0 radical (unpaired) electrons. The molecule has 5 nitrogen and oxygen atoms in total. The molecule has 0 aliphatic carbocycles. The molecule has 0 aliphatic heterocycles. The molecule has 0 saturated heterocycles. The lowest BCUT2D eigenvalue weighted by Crippen LogP contribution is -2.22. The number of ether oxygens (including phenoxy) is 2. The number of hydrogen-bond donors (Lipinski definition) is 2. The number of hydrogen-bond acceptors (Lipinski definition) is 3. The van der Waals surface area contributed by atoms with Gasteiger partial charge in [-0.1, -0.05) is 18.2 Å². The van der Waals surface area contributed by atoms with E-state index >= 15 is 0 Å². The van der Waals surface area contributed by atoms with E-state index in [1.807, 2.05) is 0 Å². The van der Waals surface area contributed by atoms with E-state index in [4.69, 9.17) is 15.2 Å². The average Bonchev–Trinajstić information content (AvgIpc) is 2.54. The molecule has 0 atom stereocenters. The number of halogens is 2. The molecular weight excluding hydrogens is 412 g/mol. The van der Waals surface area contributed by atoms with E-state index in [1.165, 1.54) is 6.07 Å². The summed E-state index contributed by atoms with van der Waals surface area (Å²) in [4.78, 5) is 4.12. The van der Waals surface area contributed by atoms with Gasteiger partial charge in [0.2, 0.25) is 0 Å². The molecule has 0 aliphatic rings. The molecule has 0 fully saturated rings. The molecule has 23 heavy (non-hydrogen) atoms. The van der Waals surface area contributed by atoms with Crippen LogP contribution >= 0.6 is 24.0 Å². The number of nitrogens with zero attached hydrogens (tertiary/aromatic N) is 1. The quantitative estimate of drug-likeness (QED) is 0.433. The summed E-state index contributed by atoms with van der Waals surface area (Å²) in [6, 6.07) is 11.7. The second-order valence-corrected chi connectivity index (χ2v) is 4.49. The van der Waals surface area contributed by atoms with Crippen molar-refractivity contribution in [2.75, 3.05) is 19.5 Å². The number of guanidine groups is 1. The first kappa shape index (κ1) is 19.0. The number of aliphatic imine (C=N–C) groups is 1. The number of anilines is 1. The number of nitrogens with two attached hydrogens (primary N) is 1. The first-order valence-electron chi connectivity index (χ1n) is 6.66. The molecule has 2 aromatic rings. The maximum Gasteiger partial charge on any atom is 0.193 e. The second kappa shape index (κ2) is 9.19. The molecule has 124 valence electrons. The molecule has 0 heterocycles. The van der Waals surface area contributed by atoms with Crippen LogP contribution in [0.25, 0.3) is 0 Å². The van der Waals surface area contributed by atoms with E-state index in [0.717, 1.165) is 0 Å². The average molecular weight is 431 g/mol. The number of nitrogens with one attached hydrogen (secondary N) is 1. The SMILES string of the molecule is COc1ccc(NC(N)=NCc2ccccc2F)cc1OC.I. The zero-order valence-corrected chi connectivity index (χ0v) is 15.2. The lowest BCUT2D eigenvalue weighted by molar-refractivity contribution is 0.355. The van der Waals surface area contributed by atoms with Crippen molar-refractivity contribution >= 4 is 35.6 Å². The molecule has 0 spiro atoms. The molecule has 0 bridgehead atoms. The lowest BCUT2D eigenvalue weighted by Gasteiger charge is -2.11.